The van der Waals surface area contributed by atoms with E-state index in [0.717, 1.165) is 13.0 Å². The molecule has 1 amide bonds. The fourth-order valence-corrected chi connectivity index (χ4v) is 1.08. The van der Waals surface area contributed by atoms with Gasteiger partial charge in [-0.15, -0.1) is 0 Å². The summed E-state index contributed by atoms with van der Waals surface area (Å²) in [6.45, 7) is 7.23. The van der Waals surface area contributed by atoms with E-state index in [4.69, 9.17) is 19.3 Å². The molecule has 0 spiro atoms. The summed E-state index contributed by atoms with van der Waals surface area (Å²) in [5.41, 5.74) is 0. The lowest BCUT2D eigenvalue weighted by atomic mass is 10.4. The third-order valence-corrected chi connectivity index (χ3v) is 2.02. The third-order valence-electron chi connectivity index (χ3n) is 2.02. The van der Waals surface area contributed by atoms with Crippen molar-refractivity contribution in [3.8, 4) is 0 Å². The molecule has 0 radical (unpaired) electrons. The van der Waals surface area contributed by atoms with E-state index in [1.165, 1.54) is 6.92 Å². The number of aliphatic hydroxyl groups is 1. The van der Waals surface area contributed by atoms with Crippen molar-refractivity contribution in [1.82, 2.24) is 5.32 Å². The van der Waals surface area contributed by atoms with Crippen molar-refractivity contribution in [3.05, 3.63) is 0 Å². The molecule has 0 saturated carbocycles. The van der Waals surface area contributed by atoms with Crippen LogP contribution in [0.3, 0.4) is 0 Å². The zero-order chi connectivity index (χ0) is 13.6. The molecule has 18 heavy (non-hydrogen) atoms. The maximum atomic E-state index is 10.9. The van der Waals surface area contributed by atoms with Crippen molar-refractivity contribution in [2.45, 2.75) is 26.4 Å². The van der Waals surface area contributed by atoms with Crippen molar-refractivity contribution < 1.29 is 24.1 Å². The van der Waals surface area contributed by atoms with E-state index in [9.17, 15) is 4.79 Å². The number of carbonyl (C=O) groups is 1. The van der Waals surface area contributed by atoms with Crippen LogP contribution in [0.1, 0.15) is 20.3 Å². The van der Waals surface area contributed by atoms with E-state index in [1.54, 1.807) is 0 Å². The molecule has 0 aromatic carbocycles. The predicted octanol–water partition coefficient (Wildman–Crippen LogP) is -0.0568. The Hall–Kier alpha value is -0.690. The SMILES string of the molecule is CCCOCCOCCOCCNC(=O)C(C)O. The van der Waals surface area contributed by atoms with Crippen LogP contribution in [-0.4, -0.2) is 63.3 Å². The highest BCUT2D eigenvalue weighted by atomic mass is 16.5. The summed E-state index contributed by atoms with van der Waals surface area (Å²) >= 11 is 0. The molecule has 6 heteroatoms. The molecule has 0 aromatic rings. The van der Waals surface area contributed by atoms with Crippen molar-refractivity contribution in [2.24, 2.45) is 0 Å². The summed E-state index contributed by atoms with van der Waals surface area (Å²) in [6, 6.07) is 0. The Labute approximate surface area is 109 Å². The van der Waals surface area contributed by atoms with Crippen molar-refractivity contribution in [2.75, 3.05) is 46.2 Å². The number of ether oxygens (including phenoxy) is 3. The average molecular weight is 263 g/mol. The number of rotatable bonds is 12. The fraction of sp³-hybridized carbons (Fsp3) is 0.917. The van der Waals surface area contributed by atoms with Gasteiger partial charge in [0, 0.05) is 13.2 Å². The minimum atomic E-state index is -0.976. The lowest BCUT2D eigenvalue weighted by molar-refractivity contribution is -0.128. The van der Waals surface area contributed by atoms with Gasteiger partial charge in [-0.25, -0.2) is 0 Å². The summed E-state index contributed by atoms with van der Waals surface area (Å²) < 4.78 is 15.7. The summed E-state index contributed by atoms with van der Waals surface area (Å²) in [5, 5.41) is 11.4. The summed E-state index contributed by atoms with van der Waals surface area (Å²) in [5.74, 6) is -0.386. The molecule has 0 rings (SSSR count). The molecule has 0 aliphatic carbocycles. The molecule has 108 valence electrons. The van der Waals surface area contributed by atoms with Crippen LogP contribution in [0.5, 0.6) is 0 Å². The molecule has 0 aliphatic heterocycles. The molecule has 0 aromatic heterocycles. The van der Waals surface area contributed by atoms with Gasteiger partial charge < -0.3 is 24.6 Å². The van der Waals surface area contributed by atoms with Crippen LogP contribution in [-0.2, 0) is 19.0 Å². The second-order valence-electron chi connectivity index (χ2n) is 3.80. The Kier molecular flexibility index (Phi) is 12.3. The number of aliphatic hydroxyl groups excluding tert-OH is 1. The van der Waals surface area contributed by atoms with Gasteiger partial charge in [0.2, 0.25) is 5.91 Å². The molecule has 0 bridgehead atoms. The fourth-order valence-electron chi connectivity index (χ4n) is 1.08. The quantitative estimate of drug-likeness (QED) is 0.483. The Bertz CT molecular complexity index is 199. The van der Waals surface area contributed by atoms with Gasteiger partial charge in [-0.1, -0.05) is 6.92 Å². The minimum absolute atomic E-state index is 0.386. The van der Waals surface area contributed by atoms with Crippen LogP contribution >= 0.6 is 0 Å². The van der Waals surface area contributed by atoms with E-state index in [2.05, 4.69) is 12.2 Å². The van der Waals surface area contributed by atoms with Crippen LogP contribution in [0, 0.1) is 0 Å². The number of hydrogen-bond donors (Lipinski definition) is 2. The molecule has 2 N–H and O–H groups in total. The second-order valence-corrected chi connectivity index (χ2v) is 3.80. The van der Waals surface area contributed by atoms with E-state index < -0.39 is 6.10 Å². The minimum Gasteiger partial charge on any atom is -0.384 e. The first-order valence-electron chi connectivity index (χ1n) is 6.37. The Morgan fingerprint density at radius 2 is 1.56 bits per heavy atom. The number of carbonyl (C=O) groups excluding carboxylic acids is 1. The molecule has 1 unspecified atom stereocenters. The molecular formula is C12H25NO5. The maximum Gasteiger partial charge on any atom is 0.248 e. The topological polar surface area (TPSA) is 77.0 Å². The van der Waals surface area contributed by atoms with E-state index in [0.29, 0.717) is 39.6 Å². The molecule has 1 atom stereocenters. The van der Waals surface area contributed by atoms with Gasteiger partial charge in [-0.05, 0) is 13.3 Å². The van der Waals surface area contributed by atoms with E-state index >= 15 is 0 Å². The van der Waals surface area contributed by atoms with Crippen LogP contribution in [0.15, 0.2) is 0 Å². The van der Waals surface area contributed by atoms with Gasteiger partial charge in [0.05, 0.1) is 33.0 Å². The van der Waals surface area contributed by atoms with Gasteiger partial charge in [0.25, 0.3) is 0 Å². The highest BCUT2D eigenvalue weighted by Crippen LogP contribution is 1.83. The highest BCUT2D eigenvalue weighted by molar-refractivity contribution is 5.79. The van der Waals surface area contributed by atoms with E-state index in [1.807, 2.05) is 0 Å². The van der Waals surface area contributed by atoms with Gasteiger partial charge in [0.15, 0.2) is 0 Å². The molecule has 0 aliphatic rings. The monoisotopic (exact) mass is 263 g/mol. The number of amides is 1. The molecule has 0 saturated heterocycles. The van der Waals surface area contributed by atoms with Crippen LogP contribution in [0.4, 0.5) is 0 Å². The Morgan fingerprint density at radius 3 is 2.06 bits per heavy atom. The van der Waals surface area contributed by atoms with Crippen molar-refractivity contribution in [3.63, 3.8) is 0 Å². The second kappa shape index (κ2) is 12.8. The first-order chi connectivity index (χ1) is 8.68. The first kappa shape index (κ1) is 17.3. The Morgan fingerprint density at radius 1 is 1.06 bits per heavy atom. The maximum absolute atomic E-state index is 10.9. The van der Waals surface area contributed by atoms with Gasteiger partial charge >= 0.3 is 0 Å². The molecule has 0 heterocycles. The van der Waals surface area contributed by atoms with Crippen molar-refractivity contribution in [1.29, 1.82) is 0 Å². The largest absolute Gasteiger partial charge is 0.384 e. The van der Waals surface area contributed by atoms with Crippen molar-refractivity contribution >= 4 is 5.91 Å². The van der Waals surface area contributed by atoms with Crippen LogP contribution < -0.4 is 5.32 Å². The first-order valence-corrected chi connectivity index (χ1v) is 6.37. The molecule has 0 fully saturated rings. The van der Waals surface area contributed by atoms with Crippen LogP contribution in [0.25, 0.3) is 0 Å². The standard InChI is InChI=1S/C12H25NO5/c1-3-5-16-7-9-18-10-8-17-6-4-13-12(15)11(2)14/h11,14H,3-10H2,1-2H3,(H,13,15). The highest BCUT2D eigenvalue weighted by Gasteiger charge is 2.06. The predicted molar refractivity (Wildman–Crippen MR) is 67.4 cm³/mol. The number of hydrogen-bond acceptors (Lipinski definition) is 5. The summed E-state index contributed by atoms with van der Waals surface area (Å²) in [6.07, 6.45) is 0.0397. The zero-order valence-corrected chi connectivity index (χ0v) is 11.3. The lowest BCUT2D eigenvalue weighted by Crippen LogP contribution is -2.34. The van der Waals surface area contributed by atoms with Gasteiger partial charge in [-0.2, -0.15) is 0 Å². The smallest absolute Gasteiger partial charge is 0.248 e. The summed E-state index contributed by atoms with van der Waals surface area (Å²) in [4.78, 5) is 10.9. The van der Waals surface area contributed by atoms with E-state index in [-0.39, 0.29) is 5.91 Å². The van der Waals surface area contributed by atoms with Gasteiger partial charge in [0.1, 0.15) is 6.10 Å². The average Bonchev–Trinajstić information content (AvgIpc) is 2.35. The Balaban J connectivity index is 3.05. The normalized spacial score (nSPS) is 12.4. The molecule has 6 nitrogen and oxygen atoms in total. The van der Waals surface area contributed by atoms with Gasteiger partial charge in [-0.3, -0.25) is 4.79 Å². The summed E-state index contributed by atoms with van der Waals surface area (Å²) in [7, 11) is 0. The zero-order valence-electron chi connectivity index (χ0n) is 11.3. The third kappa shape index (κ3) is 11.8. The lowest BCUT2D eigenvalue weighted by Gasteiger charge is -2.08. The van der Waals surface area contributed by atoms with Crippen LogP contribution in [0.2, 0.25) is 0 Å². The molecular weight excluding hydrogens is 238 g/mol. The number of nitrogens with one attached hydrogen (secondary N) is 1.